The molecule has 0 heterocycles. The maximum absolute atomic E-state index is 12.0. The highest BCUT2D eigenvalue weighted by Gasteiger charge is 2.18. The van der Waals surface area contributed by atoms with Crippen molar-refractivity contribution in [3.63, 3.8) is 0 Å². The molecule has 0 aliphatic carbocycles. The standard InChI is InChI=1S/C19H20ClNO6/c1-12(27-15-6-4-5-13(20)7-15)19(23)26-11-18(22)21-14-8-16(24-2)10-17(9-14)25-3/h4-10,12H,11H2,1-3H3,(H,21,22). The van der Waals surface area contributed by atoms with Gasteiger partial charge in [-0.05, 0) is 25.1 Å². The van der Waals surface area contributed by atoms with Gasteiger partial charge >= 0.3 is 5.97 Å². The highest BCUT2D eigenvalue weighted by molar-refractivity contribution is 6.30. The molecular formula is C19H20ClNO6. The molecule has 1 unspecified atom stereocenters. The largest absolute Gasteiger partial charge is 0.497 e. The van der Waals surface area contributed by atoms with Crippen LogP contribution in [0.1, 0.15) is 6.92 Å². The zero-order valence-electron chi connectivity index (χ0n) is 15.2. The number of rotatable bonds is 8. The van der Waals surface area contributed by atoms with Crippen LogP contribution in [-0.4, -0.2) is 38.8 Å². The maximum Gasteiger partial charge on any atom is 0.347 e. The lowest BCUT2D eigenvalue weighted by atomic mass is 10.2. The predicted octanol–water partition coefficient (Wildman–Crippen LogP) is 3.31. The van der Waals surface area contributed by atoms with Crippen LogP contribution in [0.4, 0.5) is 5.69 Å². The van der Waals surface area contributed by atoms with Gasteiger partial charge in [-0.3, -0.25) is 4.79 Å². The number of anilines is 1. The van der Waals surface area contributed by atoms with Crippen molar-refractivity contribution < 1.29 is 28.5 Å². The van der Waals surface area contributed by atoms with Gasteiger partial charge in [0.1, 0.15) is 17.2 Å². The summed E-state index contributed by atoms with van der Waals surface area (Å²) < 4.78 is 20.7. The minimum Gasteiger partial charge on any atom is -0.497 e. The lowest BCUT2D eigenvalue weighted by molar-refractivity contribution is -0.153. The molecule has 2 rings (SSSR count). The second-order valence-corrected chi connectivity index (χ2v) is 5.91. The molecule has 2 aromatic rings. The van der Waals surface area contributed by atoms with Crippen LogP contribution in [0.3, 0.4) is 0 Å². The summed E-state index contributed by atoms with van der Waals surface area (Å²) in [6, 6.07) is 11.5. The molecular weight excluding hydrogens is 374 g/mol. The van der Waals surface area contributed by atoms with E-state index in [-0.39, 0.29) is 0 Å². The third-order valence-electron chi connectivity index (χ3n) is 3.42. The SMILES string of the molecule is COc1cc(NC(=O)COC(=O)C(C)Oc2cccc(Cl)c2)cc(OC)c1. The summed E-state index contributed by atoms with van der Waals surface area (Å²) in [5.74, 6) is 0.289. The highest BCUT2D eigenvalue weighted by atomic mass is 35.5. The summed E-state index contributed by atoms with van der Waals surface area (Å²) in [5.41, 5.74) is 0.454. The van der Waals surface area contributed by atoms with Gasteiger partial charge in [0, 0.05) is 28.9 Å². The van der Waals surface area contributed by atoms with Crippen molar-refractivity contribution in [3.05, 3.63) is 47.5 Å². The molecule has 1 atom stereocenters. The summed E-state index contributed by atoms with van der Waals surface area (Å²) in [5, 5.41) is 3.10. The van der Waals surface area contributed by atoms with Gasteiger partial charge in [-0.25, -0.2) is 4.79 Å². The second kappa shape index (κ2) is 9.68. The smallest absolute Gasteiger partial charge is 0.347 e. The van der Waals surface area contributed by atoms with Crippen LogP contribution >= 0.6 is 11.6 Å². The average molecular weight is 394 g/mol. The molecule has 0 fully saturated rings. The number of carbonyl (C=O) groups is 2. The van der Waals surface area contributed by atoms with Crippen molar-refractivity contribution in [2.75, 3.05) is 26.1 Å². The number of benzene rings is 2. The van der Waals surface area contributed by atoms with Crippen LogP contribution in [-0.2, 0) is 14.3 Å². The van der Waals surface area contributed by atoms with E-state index in [1.807, 2.05) is 0 Å². The molecule has 144 valence electrons. The Balaban J connectivity index is 1.86. The molecule has 7 nitrogen and oxygen atoms in total. The van der Waals surface area contributed by atoms with E-state index >= 15 is 0 Å². The molecule has 0 saturated carbocycles. The number of hydrogen-bond donors (Lipinski definition) is 1. The number of carbonyl (C=O) groups excluding carboxylic acids is 2. The third-order valence-corrected chi connectivity index (χ3v) is 3.66. The normalized spacial score (nSPS) is 11.3. The number of halogens is 1. The molecule has 0 saturated heterocycles. The molecule has 0 bridgehead atoms. The predicted molar refractivity (Wildman–Crippen MR) is 101 cm³/mol. The van der Waals surface area contributed by atoms with Crippen molar-refractivity contribution in [1.29, 1.82) is 0 Å². The molecule has 0 aliphatic heterocycles. The summed E-state index contributed by atoms with van der Waals surface area (Å²) in [7, 11) is 3.01. The van der Waals surface area contributed by atoms with Gasteiger partial charge in [-0.15, -0.1) is 0 Å². The fourth-order valence-corrected chi connectivity index (χ4v) is 2.30. The van der Waals surface area contributed by atoms with E-state index in [2.05, 4.69) is 5.32 Å². The maximum atomic E-state index is 12.0. The fourth-order valence-electron chi connectivity index (χ4n) is 2.12. The molecule has 0 aromatic heterocycles. The molecule has 8 heteroatoms. The first-order valence-corrected chi connectivity index (χ1v) is 8.41. The Hall–Kier alpha value is -2.93. The van der Waals surface area contributed by atoms with Crippen molar-refractivity contribution in [1.82, 2.24) is 0 Å². The van der Waals surface area contributed by atoms with Gasteiger partial charge in [0.25, 0.3) is 5.91 Å². The van der Waals surface area contributed by atoms with Crippen LogP contribution in [0.5, 0.6) is 17.2 Å². The van der Waals surface area contributed by atoms with Gasteiger partial charge in [-0.2, -0.15) is 0 Å². The number of amides is 1. The summed E-state index contributed by atoms with van der Waals surface area (Å²) in [6.07, 6.45) is -0.895. The van der Waals surface area contributed by atoms with Crippen molar-refractivity contribution in [3.8, 4) is 17.2 Å². The van der Waals surface area contributed by atoms with E-state index in [4.69, 9.17) is 30.5 Å². The van der Waals surface area contributed by atoms with Gasteiger partial charge in [0.15, 0.2) is 12.7 Å². The Morgan fingerprint density at radius 3 is 2.30 bits per heavy atom. The van der Waals surface area contributed by atoms with E-state index in [0.29, 0.717) is 28.0 Å². The molecule has 0 radical (unpaired) electrons. The zero-order chi connectivity index (χ0) is 19.8. The Bertz CT molecular complexity index is 788. The topological polar surface area (TPSA) is 83.1 Å². The molecule has 1 amide bonds. The molecule has 0 aliphatic rings. The van der Waals surface area contributed by atoms with Gasteiger partial charge in [-0.1, -0.05) is 17.7 Å². The van der Waals surface area contributed by atoms with E-state index < -0.39 is 24.6 Å². The Morgan fingerprint density at radius 2 is 1.70 bits per heavy atom. The Kier molecular flexibility index (Phi) is 7.31. The number of nitrogens with one attached hydrogen (secondary N) is 1. The number of ether oxygens (including phenoxy) is 4. The average Bonchev–Trinajstić information content (AvgIpc) is 2.65. The van der Waals surface area contributed by atoms with Gasteiger partial charge < -0.3 is 24.3 Å². The van der Waals surface area contributed by atoms with E-state index in [9.17, 15) is 9.59 Å². The molecule has 1 N–H and O–H groups in total. The monoisotopic (exact) mass is 393 g/mol. The number of esters is 1. The first kappa shape index (κ1) is 20.4. The molecule has 2 aromatic carbocycles. The van der Waals surface area contributed by atoms with Crippen molar-refractivity contribution in [2.45, 2.75) is 13.0 Å². The number of hydrogen-bond acceptors (Lipinski definition) is 6. The van der Waals surface area contributed by atoms with Crippen LogP contribution in [0.2, 0.25) is 5.02 Å². The van der Waals surface area contributed by atoms with Gasteiger partial charge in [0.05, 0.1) is 14.2 Å². The van der Waals surface area contributed by atoms with Gasteiger partial charge in [0.2, 0.25) is 0 Å². The highest BCUT2D eigenvalue weighted by Crippen LogP contribution is 2.25. The second-order valence-electron chi connectivity index (χ2n) is 5.47. The molecule has 27 heavy (non-hydrogen) atoms. The first-order chi connectivity index (χ1) is 12.9. The summed E-state index contributed by atoms with van der Waals surface area (Å²) in [4.78, 5) is 24.0. The molecule has 0 spiro atoms. The lowest BCUT2D eigenvalue weighted by Crippen LogP contribution is -2.29. The van der Waals surface area contributed by atoms with Crippen molar-refractivity contribution >= 4 is 29.2 Å². The van der Waals surface area contributed by atoms with E-state index in [0.717, 1.165) is 0 Å². The quantitative estimate of drug-likeness (QED) is 0.693. The van der Waals surface area contributed by atoms with Crippen LogP contribution in [0.15, 0.2) is 42.5 Å². The Labute approximate surface area is 162 Å². The van der Waals surface area contributed by atoms with Crippen molar-refractivity contribution in [2.24, 2.45) is 0 Å². The minimum atomic E-state index is -0.895. The van der Waals surface area contributed by atoms with E-state index in [1.165, 1.54) is 21.1 Å². The lowest BCUT2D eigenvalue weighted by Gasteiger charge is -2.14. The van der Waals surface area contributed by atoms with E-state index in [1.54, 1.807) is 42.5 Å². The van der Waals surface area contributed by atoms with Crippen LogP contribution in [0.25, 0.3) is 0 Å². The van der Waals surface area contributed by atoms with Crippen LogP contribution in [0, 0.1) is 0 Å². The third kappa shape index (κ3) is 6.38. The fraction of sp³-hybridized carbons (Fsp3) is 0.263. The Morgan fingerprint density at radius 1 is 1.04 bits per heavy atom. The van der Waals surface area contributed by atoms with Crippen LogP contribution < -0.4 is 19.5 Å². The summed E-state index contributed by atoms with van der Waals surface area (Å²) >= 11 is 5.86. The number of methoxy groups -OCH3 is 2. The zero-order valence-corrected chi connectivity index (χ0v) is 15.9. The minimum absolute atomic E-state index is 0.430. The summed E-state index contributed by atoms with van der Waals surface area (Å²) in [6.45, 7) is 1.07. The first-order valence-electron chi connectivity index (χ1n) is 8.03.